The number of likely N-dealkylation sites (tertiary alicyclic amines) is 1. The average molecular weight is 369 g/mol. The van der Waals surface area contributed by atoms with Gasteiger partial charge in [0.15, 0.2) is 0 Å². The Balaban J connectivity index is 1.45. The summed E-state index contributed by atoms with van der Waals surface area (Å²) in [6.45, 7) is 1.32. The third kappa shape index (κ3) is 4.47. The number of carbonyl (C=O) groups is 2. The Labute approximate surface area is 150 Å². The minimum Gasteiger partial charge on any atom is -0.339 e. The molecular weight excluding hydrogens is 347 g/mol. The lowest BCUT2D eigenvalue weighted by molar-refractivity contribution is -0.137. The second kappa shape index (κ2) is 7.17. The molecule has 1 aliphatic carbocycles. The van der Waals surface area contributed by atoms with Crippen molar-refractivity contribution in [2.24, 2.45) is 5.92 Å². The molecule has 3 amide bonds. The Morgan fingerprint density at radius 1 is 1.27 bits per heavy atom. The molecule has 26 heavy (non-hydrogen) atoms. The van der Waals surface area contributed by atoms with Gasteiger partial charge in [0.05, 0.1) is 5.56 Å². The molecular formula is C18H22F3N3O2. The SMILES string of the molecule is CN(Cc1ccc(C(F)(F)F)cc1)C(=O)NCC1CC(=O)N(C2CC2)C1. The van der Waals surface area contributed by atoms with Crippen LogP contribution < -0.4 is 5.32 Å². The molecule has 1 aromatic carbocycles. The predicted octanol–water partition coefficient (Wildman–Crippen LogP) is 2.86. The molecule has 1 saturated carbocycles. The second-order valence-corrected chi connectivity index (χ2v) is 7.08. The Hall–Kier alpha value is -2.25. The fraction of sp³-hybridized carbons (Fsp3) is 0.556. The van der Waals surface area contributed by atoms with Gasteiger partial charge in [-0.05, 0) is 30.5 Å². The van der Waals surface area contributed by atoms with Gasteiger partial charge in [0, 0.05) is 45.1 Å². The van der Waals surface area contributed by atoms with E-state index in [1.54, 1.807) is 7.05 Å². The molecule has 0 radical (unpaired) electrons. The van der Waals surface area contributed by atoms with Crippen molar-refractivity contribution >= 4 is 11.9 Å². The molecule has 1 aromatic rings. The summed E-state index contributed by atoms with van der Waals surface area (Å²) < 4.78 is 37.7. The van der Waals surface area contributed by atoms with Gasteiger partial charge in [0.25, 0.3) is 0 Å². The number of benzene rings is 1. The Morgan fingerprint density at radius 2 is 1.92 bits per heavy atom. The van der Waals surface area contributed by atoms with Gasteiger partial charge in [-0.25, -0.2) is 4.79 Å². The summed E-state index contributed by atoms with van der Waals surface area (Å²) >= 11 is 0. The van der Waals surface area contributed by atoms with Crippen LogP contribution in [0.5, 0.6) is 0 Å². The summed E-state index contributed by atoms with van der Waals surface area (Å²) in [5.74, 6) is 0.274. The summed E-state index contributed by atoms with van der Waals surface area (Å²) in [5, 5.41) is 2.81. The number of hydrogen-bond acceptors (Lipinski definition) is 2. The van der Waals surface area contributed by atoms with Crippen LogP contribution in [0.1, 0.15) is 30.4 Å². The van der Waals surface area contributed by atoms with Gasteiger partial charge in [-0.15, -0.1) is 0 Å². The maximum atomic E-state index is 12.6. The number of amides is 3. The highest BCUT2D eigenvalue weighted by molar-refractivity contribution is 5.79. The van der Waals surface area contributed by atoms with Gasteiger partial charge in [-0.1, -0.05) is 12.1 Å². The zero-order valence-corrected chi connectivity index (χ0v) is 14.6. The number of halogens is 3. The van der Waals surface area contributed by atoms with E-state index >= 15 is 0 Å². The van der Waals surface area contributed by atoms with Crippen LogP contribution in [-0.2, 0) is 17.5 Å². The average Bonchev–Trinajstić information content (AvgIpc) is 3.35. The van der Waals surface area contributed by atoms with Gasteiger partial charge in [-0.3, -0.25) is 4.79 Å². The molecule has 8 heteroatoms. The summed E-state index contributed by atoms with van der Waals surface area (Å²) in [5.41, 5.74) is -0.0916. The van der Waals surface area contributed by atoms with Crippen LogP contribution in [0.25, 0.3) is 0 Å². The van der Waals surface area contributed by atoms with Crippen LogP contribution in [0.3, 0.4) is 0 Å². The van der Waals surface area contributed by atoms with E-state index < -0.39 is 11.7 Å². The normalized spacial score (nSPS) is 20.4. The number of hydrogen-bond donors (Lipinski definition) is 1. The van der Waals surface area contributed by atoms with E-state index in [1.807, 2.05) is 4.90 Å². The molecule has 5 nitrogen and oxygen atoms in total. The van der Waals surface area contributed by atoms with Crippen molar-refractivity contribution in [3.63, 3.8) is 0 Å². The first-order valence-electron chi connectivity index (χ1n) is 8.68. The van der Waals surface area contributed by atoms with E-state index in [0.29, 0.717) is 31.1 Å². The van der Waals surface area contributed by atoms with E-state index in [-0.39, 0.29) is 24.4 Å². The molecule has 1 aliphatic heterocycles. The van der Waals surface area contributed by atoms with Crippen LogP contribution in [0.15, 0.2) is 24.3 Å². The maximum Gasteiger partial charge on any atom is 0.416 e. The summed E-state index contributed by atoms with van der Waals surface area (Å²) in [7, 11) is 1.59. The number of rotatable bonds is 5. The van der Waals surface area contributed by atoms with Gasteiger partial charge in [0.1, 0.15) is 0 Å². The van der Waals surface area contributed by atoms with Crippen molar-refractivity contribution in [2.75, 3.05) is 20.1 Å². The second-order valence-electron chi connectivity index (χ2n) is 7.08. The third-order valence-electron chi connectivity index (χ3n) is 4.82. The summed E-state index contributed by atoms with van der Waals surface area (Å²) in [6, 6.07) is 4.86. The highest BCUT2D eigenvalue weighted by Gasteiger charge is 2.39. The lowest BCUT2D eigenvalue weighted by Gasteiger charge is -2.20. The zero-order valence-electron chi connectivity index (χ0n) is 14.6. The first-order chi connectivity index (χ1) is 12.2. The van der Waals surface area contributed by atoms with E-state index in [0.717, 1.165) is 25.0 Å². The molecule has 0 bridgehead atoms. The lowest BCUT2D eigenvalue weighted by atomic mass is 10.1. The number of alkyl halides is 3. The smallest absolute Gasteiger partial charge is 0.339 e. The van der Waals surface area contributed by atoms with E-state index in [9.17, 15) is 22.8 Å². The minimum atomic E-state index is -4.37. The lowest BCUT2D eigenvalue weighted by Crippen LogP contribution is -2.39. The molecule has 1 atom stereocenters. The van der Waals surface area contributed by atoms with Crippen molar-refractivity contribution < 1.29 is 22.8 Å². The van der Waals surface area contributed by atoms with Crippen LogP contribution in [-0.4, -0.2) is 47.9 Å². The molecule has 1 saturated heterocycles. The van der Waals surface area contributed by atoms with E-state index in [2.05, 4.69) is 5.32 Å². The quantitative estimate of drug-likeness (QED) is 0.868. The van der Waals surface area contributed by atoms with Crippen molar-refractivity contribution in [3.05, 3.63) is 35.4 Å². The van der Waals surface area contributed by atoms with E-state index in [4.69, 9.17) is 0 Å². The predicted molar refractivity (Wildman–Crippen MR) is 89.2 cm³/mol. The molecule has 1 heterocycles. The Bertz CT molecular complexity index is 671. The minimum absolute atomic E-state index is 0.117. The molecule has 1 N–H and O–H groups in total. The van der Waals surface area contributed by atoms with Crippen molar-refractivity contribution in [2.45, 2.75) is 38.0 Å². The van der Waals surface area contributed by atoms with Crippen LogP contribution in [0.4, 0.5) is 18.0 Å². The summed E-state index contributed by atoms with van der Waals surface area (Å²) in [4.78, 5) is 27.4. The Kier molecular flexibility index (Phi) is 5.11. The Morgan fingerprint density at radius 3 is 2.50 bits per heavy atom. The number of urea groups is 1. The first kappa shape index (κ1) is 18.5. The molecule has 142 valence electrons. The van der Waals surface area contributed by atoms with Crippen molar-refractivity contribution in [1.82, 2.24) is 15.1 Å². The molecule has 2 aliphatic rings. The third-order valence-corrected chi connectivity index (χ3v) is 4.82. The van der Waals surface area contributed by atoms with Crippen LogP contribution in [0.2, 0.25) is 0 Å². The largest absolute Gasteiger partial charge is 0.416 e. The van der Waals surface area contributed by atoms with E-state index in [1.165, 1.54) is 17.0 Å². The van der Waals surface area contributed by atoms with Gasteiger partial charge in [-0.2, -0.15) is 13.2 Å². The highest BCUT2D eigenvalue weighted by atomic mass is 19.4. The molecule has 0 aromatic heterocycles. The molecule has 1 unspecified atom stereocenters. The monoisotopic (exact) mass is 369 g/mol. The van der Waals surface area contributed by atoms with Crippen LogP contribution >= 0.6 is 0 Å². The van der Waals surface area contributed by atoms with Gasteiger partial charge in [0.2, 0.25) is 5.91 Å². The van der Waals surface area contributed by atoms with Gasteiger partial charge < -0.3 is 15.1 Å². The highest BCUT2D eigenvalue weighted by Crippen LogP contribution is 2.32. The molecule has 3 rings (SSSR count). The zero-order chi connectivity index (χ0) is 18.9. The van der Waals surface area contributed by atoms with Gasteiger partial charge >= 0.3 is 12.2 Å². The molecule has 0 spiro atoms. The summed E-state index contributed by atoms with van der Waals surface area (Å²) in [6.07, 6.45) is -1.77. The first-order valence-corrected chi connectivity index (χ1v) is 8.68. The van der Waals surface area contributed by atoms with Crippen LogP contribution in [0, 0.1) is 5.92 Å². The maximum absolute atomic E-state index is 12.6. The molecule has 2 fully saturated rings. The number of nitrogens with zero attached hydrogens (tertiary/aromatic N) is 2. The topological polar surface area (TPSA) is 52.7 Å². The number of nitrogens with one attached hydrogen (secondary N) is 1. The fourth-order valence-electron chi connectivity index (χ4n) is 3.20. The standard InChI is InChI=1S/C18H22F3N3O2/c1-23(10-12-2-4-14(5-3-12)18(19,20)21)17(26)22-9-13-8-16(25)24(11-13)15-6-7-15/h2-5,13,15H,6-11H2,1H3,(H,22,26). The fourth-order valence-corrected chi connectivity index (χ4v) is 3.20. The van der Waals surface area contributed by atoms with Crippen molar-refractivity contribution in [3.8, 4) is 0 Å². The van der Waals surface area contributed by atoms with Crippen molar-refractivity contribution in [1.29, 1.82) is 0 Å². The number of carbonyl (C=O) groups excluding carboxylic acids is 2.